The fourth-order valence-corrected chi connectivity index (χ4v) is 4.91. The highest BCUT2D eigenvalue weighted by Crippen LogP contribution is 2.32. The van der Waals surface area contributed by atoms with Gasteiger partial charge in [0.1, 0.15) is 4.90 Å². The Morgan fingerprint density at radius 1 is 1.30 bits per heavy atom. The lowest BCUT2D eigenvalue weighted by Crippen LogP contribution is -2.15. The Morgan fingerprint density at radius 2 is 1.91 bits per heavy atom. The smallest absolute Gasteiger partial charge is 0.288 e. The zero-order valence-electron chi connectivity index (χ0n) is 13.6. The number of aromatic nitrogens is 1. The topological polar surface area (TPSA) is 71.7 Å². The molecule has 0 spiro atoms. The summed E-state index contributed by atoms with van der Waals surface area (Å²) in [6.45, 7) is 8.12. The first kappa shape index (κ1) is 18.0. The molecular formula is C15H19ClN2O3S2. The molecule has 1 aromatic carbocycles. The SMILES string of the molecule is Cc1c(C(C)(C)C)s/c(=N\S(=O)(=O)c2cccc(Cl)c2O)n1C. The summed E-state index contributed by atoms with van der Waals surface area (Å²) < 4.78 is 30.6. The number of rotatable bonds is 2. The van der Waals surface area contributed by atoms with Crippen LogP contribution in [0.2, 0.25) is 5.02 Å². The lowest BCUT2D eigenvalue weighted by Gasteiger charge is -2.17. The second kappa shape index (κ2) is 5.96. The quantitative estimate of drug-likeness (QED) is 0.876. The van der Waals surface area contributed by atoms with Gasteiger partial charge in [-0.05, 0) is 24.5 Å². The summed E-state index contributed by atoms with van der Waals surface area (Å²) in [5.74, 6) is -0.482. The third-order valence-electron chi connectivity index (χ3n) is 3.42. The fourth-order valence-electron chi connectivity index (χ4n) is 2.16. The number of hydrogen-bond donors (Lipinski definition) is 1. The molecule has 2 rings (SSSR count). The van der Waals surface area contributed by atoms with Gasteiger partial charge >= 0.3 is 0 Å². The fraction of sp³-hybridized carbons (Fsp3) is 0.400. The predicted octanol–water partition coefficient (Wildman–Crippen LogP) is 3.34. The van der Waals surface area contributed by atoms with E-state index in [1.165, 1.54) is 29.5 Å². The largest absolute Gasteiger partial charge is 0.505 e. The predicted molar refractivity (Wildman–Crippen MR) is 92.6 cm³/mol. The minimum atomic E-state index is -4.06. The molecule has 2 aromatic rings. The zero-order valence-corrected chi connectivity index (χ0v) is 16.0. The van der Waals surface area contributed by atoms with Crippen LogP contribution in [0, 0.1) is 6.92 Å². The molecule has 5 nitrogen and oxygen atoms in total. The number of halogens is 1. The zero-order chi connectivity index (χ0) is 17.6. The molecule has 23 heavy (non-hydrogen) atoms. The van der Waals surface area contributed by atoms with Gasteiger partial charge < -0.3 is 9.67 Å². The first-order valence-electron chi connectivity index (χ1n) is 6.90. The average molecular weight is 375 g/mol. The van der Waals surface area contributed by atoms with Crippen molar-refractivity contribution in [3.8, 4) is 5.75 Å². The number of phenolic OH excluding ortho intramolecular Hbond substituents is 1. The van der Waals surface area contributed by atoms with Crippen molar-refractivity contribution < 1.29 is 13.5 Å². The van der Waals surface area contributed by atoms with Gasteiger partial charge in [-0.2, -0.15) is 8.42 Å². The molecule has 1 heterocycles. The lowest BCUT2D eigenvalue weighted by molar-refractivity contribution is 0.459. The monoisotopic (exact) mass is 374 g/mol. The molecule has 8 heteroatoms. The maximum Gasteiger partial charge on any atom is 0.288 e. The van der Waals surface area contributed by atoms with Crippen LogP contribution in [0.15, 0.2) is 27.5 Å². The third kappa shape index (κ3) is 3.46. The second-order valence-electron chi connectivity index (χ2n) is 6.26. The van der Waals surface area contributed by atoms with E-state index in [1.807, 2.05) is 6.92 Å². The molecule has 0 bridgehead atoms. The van der Waals surface area contributed by atoms with Crippen molar-refractivity contribution in [2.75, 3.05) is 0 Å². The van der Waals surface area contributed by atoms with Crippen molar-refractivity contribution in [1.82, 2.24) is 4.57 Å². The van der Waals surface area contributed by atoms with Crippen molar-refractivity contribution in [2.45, 2.75) is 38.0 Å². The van der Waals surface area contributed by atoms with Crippen LogP contribution in [0.1, 0.15) is 31.3 Å². The Bertz CT molecular complexity index is 919. The summed E-state index contributed by atoms with van der Waals surface area (Å²) in [6.07, 6.45) is 0. The van der Waals surface area contributed by atoms with Crippen molar-refractivity contribution in [3.63, 3.8) is 0 Å². The highest BCUT2D eigenvalue weighted by atomic mass is 35.5. The van der Waals surface area contributed by atoms with Crippen molar-refractivity contribution in [2.24, 2.45) is 11.4 Å². The van der Waals surface area contributed by atoms with E-state index in [2.05, 4.69) is 25.2 Å². The van der Waals surface area contributed by atoms with Crippen molar-refractivity contribution in [1.29, 1.82) is 0 Å². The Kier molecular flexibility index (Phi) is 4.67. The van der Waals surface area contributed by atoms with E-state index < -0.39 is 15.8 Å². The summed E-state index contributed by atoms with van der Waals surface area (Å²) in [7, 11) is -2.29. The first-order valence-corrected chi connectivity index (χ1v) is 9.54. The molecule has 1 aromatic heterocycles. The van der Waals surface area contributed by atoms with Gasteiger partial charge in [0.15, 0.2) is 5.75 Å². The minimum absolute atomic E-state index is 0.0246. The minimum Gasteiger partial charge on any atom is -0.505 e. The second-order valence-corrected chi connectivity index (χ2v) is 9.22. The molecule has 0 unspecified atom stereocenters. The van der Waals surface area contributed by atoms with Gasteiger partial charge in [0, 0.05) is 17.6 Å². The Hall–Kier alpha value is -1.31. The van der Waals surface area contributed by atoms with E-state index >= 15 is 0 Å². The summed E-state index contributed by atoms with van der Waals surface area (Å²) in [4.78, 5) is 1.12. The molecule has 0 saturated heterocycles. The molecule has 0 radical (unpaired) electrons. The van der Waals surface area contributed by atoms with E-state index in [9.17, 15) is 13.5 Å². The average Bonchev–Trinajstić information content (AvgIpc) is 2.69. The number of nitrogens with zero attached hydrogens (tertiary/aromatic N) is 2. The maximum atomic E-state index is 12.5. The van der Waals surface area contributed by atoms with Crippen LogP contribution in [0.4, 0.5) is 0 Å². The first-order chi connectivity index (χ1) is 10.4. The van der Waals surface area contributed by atoms with Crippen LogP contribution in [-0.4, -0.2) is 18.1 Å². The van der Waals surface area contributed by atoms with Crippen LogP contribution in [-0.2, 0) is 22.5 Å². The summed E-state index contributed by atoms with van der Waals surface area (Å²) in [5.41, 5.74) is 0.856. The lowest BCUT2D eigenvalue weighted by atomic mass is 9.93. The molecule has 0 amide bonds. The number of aromatic hydroxyl groups is 1. The standard InChI is InChI=1S/C15H19ClN2O3S2/c1-9-13(15(2,3)4)22-14(18(9)5)17-23(20,21)11-8-6-7-10(16)12(11)19/h6-8,19H,1-5H3/b17-14-. The highest BCUT2D eigenvalue weighted by Gasteiger charge is 2.23. The number of benzene rings is 1. The summed E-state index contributed by atoms with van der Waals surface area (Å²) >= 11 is 7.11. The van der Waals surface area contributed by atoms with Crippen LogP contribution < -0.4 is 4.80 Å². The van der Waals surface area contributed by atoms with E-state index in [-0.39, 0.29) is 15.3 Å². The number of thiazole rings is 1. The molecule has 0 aliphatic heterocycles. The number of para-hydroxylation sites is 1. The van der Waals surface area contributed by atoms with Gasteiger partial charge in [-0.1, -0.05) is 38.4 Å². The molecule has 0 aliphatic rings. The van der Waals surface area contributed by atoms with Crippen LogP contribution in [0.5, 0.6) is 5.75 Å². The van der Waals surface area contributed by atoms with E-state index in [1.54, 1.807) is 11.6 Å². The van der Waals surface area contributed by atoms with Gasteiger partial charge in [0.2, 0.25) is 4.80 Å². The maximum absolute atomic E-state index is 12.5. The number of hydrogen-bond acceptors (Lipinski definition) is 4. The molecule has 1 N–H and O–H groups in total. The van der Waals surface area contributed by atoms with Gasteiger partial charge in [-0.25, -0.2) is 0 Å². The molecule has 0 aliphatic carbocycles. The van der Waals surface area contributed by atoms with Crippen LogP contribution >= 0.6 is 22.9 Å². The summed E-state index contributed by atoms with van der Waals surface area (Å²) in [5, 5.41) is 9.87. The van der Waals surface area contributed by atoms with Crippen molar-refractivity contribution >= 4 is 33.0 Å². The van der Waals surface area contributed by atoms with Crippen molar-refractivity contribution in [3.05, 3.63) is 38.6 Å². The van der Waals surface area contributed by atoms with Gasteiger partial charge in [0.05, 0.1) is 5.02 Å². The van der Waals surface area contributed by atoms with E-state index in [0.717, 1.165) is 10.6 Å². The third-order valence-corrected chi connectivity index (χ3v) is 6.80. The Labute approximate surface area is 145 Å². The normalized spacial score (nSPS) is 13.6. The number of sulfonamides is 1. The van der Waals surface area contributed by atoms with Gasteiger partial charge in [-0.3, -0.25) is 0 Å². The van der Waals surface area contributed by atoms with E-state index in [4.69, 9.17) is 11.6 Å². The van der Waals surface area contributed by atoms with E-state index in [0.29, 0.717) is 4.80 Å². The summed E-state index contributed by atoms with van der Waals surface area (Å²) in [6, 6.07) is 4.17. The highest BCUT2D eigenvalue weighted by molar-refractivity contribution is 7.90. The van der Waals surface area contributed by atoms with Crippen LogP contribution in [0.25, 0.3) is 0 Å². The molecular weight excluding hydrogens is 356 g/mol. The molecule has 0 fully saturated rings. The van der Waals surface area contributed by atoms with Gasteiger partial charge in [0.25, 0.3) is 10.0 Å². The van der Waals surface area contributed by atoms with Gasteiger partial charge in [-0.15, -0.1) is 15.7 Å². The Morgan fingerprint density at radius 3 is 2.43 bits per heavy atom. The molecule has 126 valence electrons. The molecule has 0 saturated carbocycles. The molecule has 0 atom stereocenters. The Balaban J connectivity index is 2.69. The number of phenols is 1. The van der Waals surface area contributed by atoms with Crippen LogP contribution in [0.3, 0.4) is 0 Å².